The lowest BCUT2D eigenvalue weighted by Gasteiger charge is -2.04. The van der Waals surface area contributed by atoms with Crippen LogP contribution in [0, 0.1) is 0 Å². The van der Waals surface area contributed by atoms with Gasteiger partial charge in [0.2, 0.25) is 5.91 Å². The van der Waals surface area contributed by atoms with Crippen molar-refractivity contribution in [1.82, 2.24) is 9.97 Å². The summed E-state index contributed by atoms with van der Waals surface area (Å²) >= 11 is 6.98. The molecule has 0 fully saturated rings. The first-order valence-electron chi connectivity index (χ1n) is 5.37. The van der Waals surface area contributed by atoms with Gasteiger partial charge in [-0.25, -0.2) is 9.78 Å². The number of hydrogen-bond donors (Lipinski definition) is 2. The highest BCUT2D eigenvalue weighted by atomic mass is 35.5. The van der Waals surface area contributed by atoms with E-state index in [0.29, 0.717) is 15.7 Å². The van der Waals surface area contributed by atoms with Crippen LogP contribution in [0.1, 0.15) is 0 Å². The number of carbonyl (C=O) groups is 1. The Morgan fingerprint density at radius 3 is 2.74 bits per heavy atom. The third-order valence-corrected chi connectivity index (χ3v) is 3.34. The number of halogens is 1. The van der Waals surface area contributed by atoms with Crippen LogP contribution in [0.2, 0.25) is 5.02 Å². The number of anilines is 1. The highest BCUT2D eigenvalue weighted by molar-refractivity contribution is 7.99. The van der Waals surface area contributed by atoms with Crippen LogP contribution in [0.3, 0.4) is 0 Å². The molecule has 0 bridgehead atoms. The quantitative estimate of drug-likeness (QED) is 0.669. The number of H-pyrrole nitrogens is 1. The molecule has 1 heterocycles. The number of thioether (sulfide) groups is 1. The van der Waals surface area contributed by atoms with E-state index in [1.165, 1.54) is 18.0 Å². The third-order valence-electron chi connectivity index (χ3n) is 2.13. The van der Waals surface area contributed by atoms with Crippen LogP contribution in [0.4, 0.5) is 5.69 Å². The van der Waals surface area contributed by atoms with Crippen LogP contribution in [0.5, 0.6) is 0 Å². The molecular weight excluding hydrogens is 286 g/mol. The average molecular weight is 296 g/mol. The Labute approximate surface area is 118 Å². The molecule has 0 unspecified atom stereocenters. The number of amides is 1. The number of carbonyl (C=O) groups excluding carboxylic acids is 1. The second-order valence-corrected chi connectivity index (χ2v) is 5.04. The van der Waals surface area contributed by atoms with Gasteiger partial charge in [-0.15, -0.1) is 0 Å². The number of rotatable bonds is 4. The van der Waals surface area contributed by atoms with Gasteiger partial charge in [-0.3, -0.25) is 4.79 Å². The highest BCUT2D eigenvalue weighted by Gasteiger charge is 2.04. The Hall–Kier alpha value is -1.79. The molecule has 7 heteroatoms. The lowest BCUT2D eigenvalue weighted by Crippen LogP contribution is -2.15. The molecule has 0 atom stereocenters. The molecule has 0 saturated heterocycles. The molecule has 2 N–H and O–H groups in total. The SMILES string of the molecule is O=C(CSc1ccnc(=O)[nH]1)Nc1ccc(Cl)cc1. The number of nitrogens with one attached hydrogen (secondary N) is 2. The van der Waals surface area contributed by atoms with Crippen LogP contribution in [-0.2, 0) is 4.79 Å². The lowest BCUT2D eigenvalue weighted by molar-refractivity contribution is -0.113. The van der Waals surface area contributed by atoms with Crippen molar-refractivity contribution in [3.63, 3.8) is 0 Å². The maximum atomic E-state index is 11.7. The summed E-state index contributed by atoms with van der Waals surface area (Å²) in [5.41, 5.74) is 0.251. The Balaban J connectivity index is 1.88. The standard InChI is InChI=1S/C12H10ClN3O2S/c13-8-1-3-9(4-2-8)15-10(17)7-19-11-5-6-14-12(18)16-11/h1-6H,7H2,(H,15,17)(H,14,16,18). The van der Waals surface area contributed by atoms with Crippen LogP contribution in [0.25, 0.3) is 0 Å². The van der Waals surface area contributed by atoms with E-state index in [1.807, 2.05) is 0 Å². The normalized spacial score (nSPS) is 10.2. The maximum absolute atomic E-state index is 11.7. The van der Waals surface area contributed by atoms with Crippen molar-refractivity contribution in [3.8, 4) is 0 Å². The Bertz CT molecular complexity index is 627. The van der Waals surface area contributed by atoms with Gasteiger partial charge >= 0.3 is 5.69 Å². The van der Waals surface area contributed by atoms with E-state index in [1.54, 1.807) is 30.3 Å². The van der Waals surface area contributed by atoms with E-state index in [2.05, 4.69) is 15.3 Å². The number of aromatic nitrogens is 2. The van der Waals surface area contributed by atoms with Crippen molar-refractivity contribution >= 4 is 35.0 Å². The first-order chi connectivity index (χ1) is 9.13. The van der Waals surface area contributed by atoms with Gasteiger partial charge in [-0.2, -0.15) is 0 Å². The van der Waals surface area contributed by atoms with E-state index < -0.39 is 5.69 Å². The summed E-state index contributed by atoms with van der Waals surface area (Å²) in [4.78, 5) is 28.7. The molecule has 1 aromatic carbocycles. The van der Waals surface area contributed by atoms with Crippen molar-refractivity contribution in [1.29, 1.82) is 0 Å². The fraction of sp³-hybridized carbons (Fsp3) is 0.0833. The van der Waals surface area contributed by atoms with E-state index in [4.69, 9.17) is 11.6 Å². The summed E-state index contributed by atoms with van der Waals surface area (Å²) < 4.78 is 0. The predicted octanol–water partition coefficient (Wildman–Crippen LogP) is 2.15. The molecule has 1 aromatic heterocycles. The molecule has 2 rings (SSSR count). The third kappa shape index (κ3) is 4.42. The Morgan fingerprint density at radius 1 is 1.32 bits per heavy atom. The summed E-state index contributed by atoms with van der Waals surface area (Å²) in [5, 5.41) is 3.94. The fourth-order valence-corrected chi connectivity index (χ4v) is 2.11. The zero-order valence-corrected chi connectivity index (χ0v) is 11.3. The second kappa shape index (κ2) is 6.40. The van der Waals surface area contributed by atoms with Gasteiger partial charge in [0.05, 0.1) is 10.8 Å². The van der Waals surface area contributed by atoms with Crippen LogP contribution >= 0.6 is 23.4 Å². The summed E-state index contributed by atoms with van der Waals surface area (Å²) in [6, 6.07) is 8.48. The van der Waals surface area contributed by atoms with Gasteiger partial charge < -0.3 is 10.3 Å². The zero-order chi connectivity index (χ0) is 13.7. The van der Waals surface area contributed by atoms with E-state index in [9.17, 15) is 9.59 Å². The molecule has 98 valence electrons. The molecule has 5 nitrogen and oxygen atoms in total. The minimum atomic E-state index is -0.428. The molecule has 0 saturated carbocycles. The Morgan fingerprint density at radius 2 is 2.05 bits per heavy atom. The predicted molar refractivity (Wildman–Crippen MR) is 75.7 cm³/mol. The minimum absolute atomic E-state index is 0.162. The number of benzene rings is 1. The van der Waals surface area contributed by atoms with Crippen LogP contribution in [-0.4, -0.2) is 21.6 Å². The van der Waals surface area contributed by atoms with Gasteiger partial charge in [0.15, 0.2) is 0 Å². The van der Waals surface area contributed by atoms with Gasteiger partial charge in [0.25, 0.3) is 0 Å². The average Bonchev–Trinajstić information content (AvgIpc) is 2.39. The van der Waals surface area contributed by atoms with Gasteiger partial charge in [0, 0.05) is 16.9 Å². The molecular formula is C12H10ClN3O2S. The number of hydrogen-bond acceptors (Lipinski definition) is 4. The molecule has 1 amide bonds. The lowest BCUT2D eigenvalue weighted by atomic mass is 10.3. The topological polar surface area (TPSA) is 74.8 Å². The van der Waals surface area contributed by atoms with Crippen molar-refractivity contribution in [2.24, 2.45) is 0 Å². The zero-order valence-electron chi connectivity index (χ0n) is 9.72. The number of nitrogens with zero attached hydrogens (tertiary/aromatic N) is 1. The van der Waals surface area contributed by atoms with Crippen molar-refractivity contribution in [2.75, 3.05) is 11.1 Å². The first kappa shape index (κ1) is 13.6. The minimum Gasteiger partial charge on any atom is -0.325 e. The molecule has 0 aliphatic rings. The van der Waals surface area contributed by atoms with Gasteiger partial charge in [0.1, 0.15) is 0 Å². The summed E-state index contributed by atoms with van der Waals surface area (Å²) in [7, 11) is 0. The van der Waals surface area contributed by atoms with Crippen LogP contribution < -0.4 is 11.0 Å². The molecule has 19 heavy (non-hydrogen) atoms. The second-order valence-electron chi connectivity index (χ2n) is 3.58. The van der Waals surface area contributed by atoms with Crippen molar-refractivity contribution in [2.45, 2.75) is 5.03 Å². The summed E-state index contributed by atoms with van der Waals surface area (Å²) in [6.07, 6.45) is 1.40. The van der Waals surface area contributed by atoms with Crippen molar-refractivity contribution < 1.29 is 4.79 Å². The van der Waals surface area contributed by atoms with E-state index in [-0.39, 0.29) is 11.7 Å². The monoisotopic (exact) mass is 295 g/mol. The van der Waals surface area contributed by atoms with E-state index >= 15 is 0 Å². The molecule has 0 aliphatic heterocycles. The van der Waals surface area contributed by atoms with Crippen LogP contribution in [0.15, 0.2) is 46.3 Å². The summed E-state index contributed by atoms with van der Waals surface area (Å²) in [5.74, 6) is 0.0350. The van der Waals surface area contributed by atoms with E-state index in [0.717, 1.165) is 0 Å². The first-order valence-corrected chi connectivity index (χ1v) is 6.73. The molecule has 0 radical (unpaired) electrons. The molecule has 2 aromatic rings. The maximum Gasteiger partial charge on any atom is 0.345 e. The molecule has 0 spiro atoms. The largest absolute Gasteiger partial charge is 0.345 e. The van der Waals surface area contributed by atoms with Gasteiger partial charge in [-0.1, -0.05) is 23.4 Å². The highest BCUT2D eigenvalue weighted by Crippen LogP contribution is 2.15. The molecule has 0 aliphatic carbocycles. The van der Waals surface area contributed by atoms with Crippen molar-refractivity contribution in [3.05, 3.63) is 52.0 Å². The Kier molecular flexibility index (Phi) is 4.59. The number of aromatic amines is 1. The fourth-order valence-electron chi connectivity index (χ4n) is 1.31. The summed E-state index contributed by atoms with van der Waals surface area (Å²) in [6.45, 7) is 0. The van der Waals surface area contributed by atoms with Gasteiger partial charge in [-0.05, 0) is 30.3 Å². The smallest absolute Gasteiger partial charge is 0.325 e.